The largest absolute Gasteiger partial charge is 0.336 e. The highest BCUT2D eigenvalue weighted by Crippen LogP contribution is 2.19. The molecule has 2 aromatic rings. The van der Waals surface area contributed by atoms with Gasteiger partial charge in [-0.05, 0) is 42.0 Å². The summed E-state index contributed by atoms with van der Waals surface area (Å²) in [5.74, 6) is -0.501. The lowest BCUT2D eigenvalue weighted by Gasteiger charge is -2.14. The summed E-state index contributed by atoms with van der Waals surface area (Å²) in [7, 11) is 0. The van der Waals surface area contributed by atoms with Gasteiger partial charge in [0, 0.05) is 24.5 Å². The van der Waals surface area contributed by atoms with E-state index in [0.29, 0.717) is 18.8 Å². The molecular formula is C17H16FN3O2. The number of halogens is 1. The number of rotatable bonds is 4. The summed E-state index contributed by atoms with van der Waals surface area (Å²) >= 11 is 0. The molecule has 3 amide bonds. The molecule has 0 spiro atoms. The smallest absolute Gasteiger partial charge is 0.321 e. The first kappa shape index (κ1) is 15.0. The van der Waals surface area contributed by atoms with Gasteiger partial charge >= 0.3 is 6.03 Å². The van der Waals surface area contributed by atoms with Crippen molar-refractivity contribution in [3.63, 3.8) is 0 Å². The van der Waals surface area contributed by atoms with Crippen LogP contribution in [0.1, 0.15) is 5.56 Å². The Hall–Kier alpha value is -2.89. The van der Waals surface area contributed by atoms with Crippen LogP contribution in [0.2, 0.25) is 0 Å². The van der Waals surface area contributed by atoms with Gasteiger partial charge in [0.15, 0.2) is 0 Å². The summed E-state index contributed by atoms with van der Waals surface area (Å²) in [6.07, 6.45) is 0.177. The topological polar surface area (TPSA) is 61.4 Å². The summed E-state index contributed by atoms with van der Waals surface area (Å²) < 4.78 is 12.8. The normalized spacial score (nSPS) is 13.8. The fraction of sp³-hybridized carbons (Fsp3) is 0.176. The molecule has 0 atom stereocenters. The third-order valence-corrected chi connectivity index (χ3v) is 3.60. The zero-order valence-corrected chi connectivity index (χ0v) is 12.4. The lowest BCUT2D eigenvalue weighted by molar-refractivity contribution is -0.115. The number of nitrogens with one attached hydrogen (secondary N) is 2. The Balaban J connectivity index is 1.60. The molecule has 0 saturated carbocycles. The first-order valence-electron chi connectivity index (χ1n) is 7.31. The zero-order valence-electron chi connectivity index (χ0n) is 12.4. The van der Waals surface area contributed by atoms with E-state index < -0.39 is 0 Å². The van der Waals surface area contributed by atoms with Crippen molar-refractivity contribution in [1.29, 1.82) is 0 Å². The van der Waals surface area contributed by atoms with Gasteiger partial charge in [-0.25, -0.2) is 9.18 Å². The molecule has 6 heteroatoms. The molecule has 0 aromatic heterocycles. The van der Waals surface area contributed by atoms with Crippen LogP contribution in [0.15, 0.2) is 48.5 Å². The van der Waals surface area contributed by atoms with E-state index >= 15 is 0 Å². The molecule has 23 heavy (non-hydrogen) atoms. The first-order valence-corrected chi connectivity index (χ1v) is 7.31. The van der Waals surface area contributed by atoms with Crippen molar-refractivity contribution < 1.29 is 14.0 Å². The summed E-state index contributed by atoms with van der Waals surface area (Å²) in [5, 5.41) is 5.52. The van der Waals surface area contributed by atoms with Crippen LogP contribution in [-0.2, 0) is 11.2 Å². The van der Waals surface area contributed by atoms with Gasteiger partial charge < -0.3 is 10.6 Å². The number of hydrogen-bond donors (Lipinski definition) is 2. The number of carbonyl (C=O) groups is 2. The van der Waals surface area contributed by atoms with E-state index in [4.69, 9.17) is 0 Å². The molecule has 3 rings (SSSR count). The summed E-state index contributed by atoms with van der Waals surface area (Å²) in [6, 6.07) is 12.8. The molecule has 0 unspecified atom stereocenters. The molecule has 2 N–H and O–H groups in total. The van der Waals surface area contributed by atoms with Crippen LogP contribution >= 0.6 is 0 Å². The standard InChI is InChI=1S/C17H16FN3O2/c18-13-3-1-12(2-4-13)11-16(22)20-14-5-7-15(8-6-14)21-10-9-19-17(21)23/h1-8H,9-11H2,(H,19,23)(H,20,22). The van der Waals surface area contributed by atoms with E-state index in [1.165, 1.54) is 12.1 Å². The quantitative estimate of drug-likeness (QED) is 0.911. The van der Waals surface area contributed by atoms with E-state index in [-0.39, 0.29) is 24.2 Å². The molecule has 0 aliphatic carbocycles. The van der Waals surface area contributed by atoms with Gasteiger partial charge in [-0.3, -0.25) is 9.69 Å². The monoisotopic (exact) mass is 313 g/mol. The first-order chi connectivity index (χ1) is 11.1. The number of urea groups is 1. The molecule has 5 nitrogen and oxygen atoms in total. The predicted molar refractivity (Wildman–Crippen MR) is 85.9 cm³/mol. The van der Waals surface area contributed by atoms with Crippen molar-refractivity contribution in [3.05, 3.63) is 59.9 Å². The van der Waals surface area contributed by atoms with Gasteiger partial charge in [0.1, 0.15) is 5.82 Å². The second kappa shape index (κ2) is 6.48. The zero-order chi connectivity index (χ0) is 16.2. The van der Waals surface area contributed by atoms with Crippen molar-refractivity contribution in [1.82, 2.24) is 5.32 Å². The van der Waals surface area contributed by atoms with E-state index in [2.05, 4.69) is 10.6 Å². The molecular weight excluding hydrogens is 297 g/mol. The highest BCUT2D eigenvalue weighted by Gasteiger charge is 2.20. The summed E-state index contributed by atoms with van der Waals surface area (Å²) in [6.45, 7) is 1.27. The second-order valence-electron chi connectivity index (χ2n) is 5.28. The van der Waals surface area contributed by atoms with Crippen molar-refractivity contribution in [3.8, 4) is 0 Å². The Morgan fingerprint density at radius 3 is 2.43 bits per heavy atom. The van der Waals surface area contributed by atoms with Crippen molar-refractivity contribution in [2.24, 2.45) is 0 Å². The highest BCUT2D eigenvalue weighted by molar-refractivity contribution is 5.95. The van der Waals surface area contributed by atoms with Gasteiger partial charge in [-0.1, -0.05) is 12.1 Å². The molecule has 0 bridgehead atoms. The number of amides is 3. The minimum atomic E-state index is -0.323. The molecule has 2 aromatic carbocycles. The highest BCUT2D eigenvalue weighted by atomic mass is 19.1. The molecule has 1 saturated heterocycles. The lowest BCUT2D eigenvalue weighted by Crippen LogP contribution is -2.27. The van der Waals surface area contributed by atoms with Crippen LogP contribution in [-0.4, -0.2) is 25.0 Å². The number of nitrogens with zero attached hydrogens (tertiary/aromatic N) is 1. The van der Waals surface area contributed by atoms with E-state index in [0.717, 1.165) is 11.3 Å². The maximum atomic E-state index is 12.8. The number of benzene rings is 2. The van der Waals surface area contributed by atoms with Crippen LogP contribution < -0.4 is 15.5 Å². The van der Waals surface area contributed by atoms with Crippen molar-refractivity contribution >= 4 is 23.3 Å². The van der Waals surface area contributed by atoms with E-state index in [1.807, 2.05) is 0 Å². The van der Waals surface area contributed by atoms with Crippen LogP contribution in [0.25, 0.3) is 0 Å². The Kier molecular flexibility index (Phi) is 4.23. The van der Waals surface area contributed by atoms with Gasteiger partial charge in [0.25, 0.3) is 0 Å². The average molecular weight is 313 g/mol. The third-order valence-electron chi connectivity index (χ3n) is 3.60. The lowest BCUT2D eigenvalue weighted by atomic mass is 10.1. The molecule has 1 heterocycles. The average Bonchev–Trinajstić information content (AvgIpc) is 2.96. The van der Waals surface area contributed by atoms with Gasteiger partial charge in [-0.15, -0.1) is 0 Å². The third kappa shape index (κ3) is 3.66. The Labute approximate surface area is 133 Å². The molecule has 118 valence electrons. The predicted octanol–water partition coefficient (Wildman–Crippen LogP) is 2.54. The Morgan fingerprint density at radius 1 is 1.13 bits per heavy atom. The van der Waals surface area contributed by atoms with E-state index in [1.54, 1.807) is 41.3 Å². The summed E-state index contributed by atoms with van der Waals surface area (Å²) in [4.78, 5) is 25.2. The SMILES string of the molecule is O=C(Cc1ccc(F)cc1)Nc1ccc(N2CCNC2=O)cc1. The van der Waals surface area contributed by atoms with Crippen LogP contribution in [0, 0.1) is 5.82 Å². The maximum Gasteiger partial charge on any atom is 0.321 e. The van der Waals surface area contributed by atoms with Gasteiger partial charge in [0.2, 0.25) is 5.91 Å². The van der Waals surface area contributed by atoms with Crippen LogP contribution in [0.5, 0.6) is 0 Å². The minimum absolute atomic E-state index is 0.113. The van der Waals surface area contributed by atoms with Crippen LogP contribution in [0.3, 0.4) is 0 Å². The Morgan fingerprint density at radius 2 is 1.83 bits per heavy atom. The van der Waals surface area contributed by atoms with Crippen molar-refractivity contribution in [2.45, 2.75) is 6.42 Å². The van der Waals surface area contributed by atoms with Gasteiger partial charge in [0.05, 0.1) is 6.42 Å². The minimum Gasteiger partial charge on any atom is -0.336 e. The van der Waals surface area contributed by atoms with Crippen LogP contribution in [0.4, 0.5) is 20.6 Å². The fourth-order valence-electron chi connectivity index (χ4n) is 2.44. The van der Waals surface area contributed by atoms with E-state index in [9.17, 15) is 14.0 Å². The number of carbonyl (C=O) groups excluding carboxylic acids is 2. The second-order valence-corrected chi connectivity index (χ2v) is 5.28. The number of hydrogen-bond acceptors (Lipinski definition) is 2. The number of anilines is 2. The molecule has 1 aliphatic heterocycles. The van der Waals surface area contributed by atoms with Crippen molar-refractivity contribution in [2.75, 3.05) is 23.3 Å². The maximum absolute atomic E-state index is 12.8. The molecule has 1 aliphatic rings. The fourth-order valence-corrected chi connectivity index (χ4v) is 2.44. The molecule has 0 radical (unpaired) electrons. The Bertz CT molecular complexity index is 714. The summed E-state index contributed by atoms with van der Waals surface area (Å²) in [5.41, 5.74) is 2.19. The molecule has 1 fully saturated rings. The van der Waals surface area contributed by atoms with Gasteiger partial charge in [-0.2, -0.15) is 0 Å².